The number of nitrogens with one attached hydrogen (secondary N) is 1. The third-order valence-corrected chi connectivity index (χ3v) is 3.48. The van der Waals surface area contributed by atoms with E-state index in [4.69, 9.17) is 4.74 Å². The number of nitrogens with zero attached hydrogens (tertiary/aromatic N) is 5. The molecule has 0 spiro atoms. The molecule has 3 aromatic rings. The predicted molar refractivity (Wildman–Crippen MR) is 94.6 cm³/mol. The van der Waals surface area contributed by atoms with E-state index in [0.29, 0.717) is 23.7 Å². The van der Waals surface area contributed by atoms with Crippen molar-refractivity contribution in [2.45, 2.75) is 20.8 Å². The topological polar surface area (TPSA) is 114 Å². The fourth-order valence-corrected chi connectivity index (χ4v) is 2.36. The molecule has 0 radical (unpaired) electrons. The van der Waals surface area contributed by atoms with Crippen molar-refractivity contribution in [3.05, 3.63) is 47.0 Å². The van der Waals surface area contributed by atoms with Gasteiger partial charge in [0.05, 0.1) is 12.8 Å². The number of aromatic nitrogens is 4. The van der Waals surface area contributed by atoms with Crippen LogP contribution in [0.25, 0.3) is 5.78 Å². The number of aryl methyl sites for hydroxylation is 2. The zero-order chi connectivity index (χ0) is 18.7. The maximum Gasteiger partial charge on any atom is 0.311 e. The van der Waals surface area contributed by atoms with Crippen LogP contribution >= 0.6 is 0 Å². The molecule has 1 aromatic carbocycles. The maximum atomic E-state index is 12.2. The third-order valence-electron chi connectivity index (χ3n) is 3.48. The Morgan fingerprint density at radius 1 is 1.35 bits per heavy atom. The Morgan fingerprint density at radius 3 is 2.92 bits per heavy atom. The summed E-state index contributed by atoms with van der Waals surface area (Å²) in [5, 5.41) is 17.7. The highest BCUT2D eigenvalue weighted by molar-refractivity contribution is 5.91. The first-order chi connectivity index (χ1) is 12.5. The molecule has 2 N–H and O–H groups in total. The minimum Gasteiger partial charge on any atom is -0.504 e. The van der Waals surface area contributed by atoms with Crippen LogP contribution in [0.5, 0.6) is 11.5 Å². The highest BCUT2D eigenvalue weighted by Crippen LogP contribution is 2.26. The lowest BCUT2D eigenvalue weighted by molar-refractivity contribution is 0.0945. The van der Waals surface area contributed by atoms with E-state index in [2.05, 4.69) is 25.6 Å². The Bertz CT molecular complexity index is 996. The summed E-state index contributed by atoms with van der Waals surface area (Å²) in [4.78, 5) is 20.5. The molecular weight excluding hydrogens is 336 g/mol. The fourth-order valence-electron chi connectivity index (χ4n) is 2.36. The highest BCUT2D eigenvalue weighted by Gasteiger charge is 2.14. The number of phenolic OH excluding ortho intramolecular Hbond substituents is 1. The molecule has 134 valence electrons. The average molecular weight is 354 g/mol. The van der Waals surface area contributed by atoms with Crippen LogP contribution in [0.1, 0.15) is 34.5 Å². The third kappa shape index (κ3) is 3.61. The Balaban J connectivity index is 1.73. The molecule has 0 saturated heterocycles. The minimum atomic E-state index is -0.549. The number of aromatic hydroxyl groups is 1. The van der Waals surface area contributed by atoms with Gasteiger partial charge >= 0.3 is 5.91 Å². The number of phenols is 1. The summed E-state index contributed by atoms with van der Waals surface area (Å²) in [7, 11) is 0. The van der Waals surface area contributed by atoms with Crippen molar-refractivity contribution >= 4 is 17.9 Å². The largest absolute Gasteiger partial charge is 0.504 e. The first kappa shape index (κ1) is 17.3. The zero-order valence-corrected chi connectivity index (χ0v) is 14.6. The second-order valence-electron chi connectivity index (χ2n) is 5.55. The molecule has 9 heteroatoms. The van der Waals surface area contributed by atoms with E-state index in [1.807, 2.05) is 26.8 Å². The molecule has 0 atom stereocenters. The van der Waals surface area contributed by atoms with Crippen LogP contribution in [0.15, 0.2) is 29.4 Å². The molecule has 0 fully saturated rings. The number of hydrogen-bond donors (Lipinski definition) is 2. The van der Waals surface area contributed by atoms with E-state index in [1.165, 1.54) is 16.8 Å². The van der Waals surface area contributed by atoms with Gasteiger partial charge in [-0.1, -0.05) is 0 Å². The number of amides is 1. The van der Waals surface area contributed by atoms with Crippen molar-refractivity contribution < 1.29 is 14.6 Å². The van der Waals surface area contributed by atoms with Crippen molar-refractivity contribution in [2.75, 3.05) is 6.61 Å². The van der Waals surface area contributed by atoms with Gasteiger partial charge in [-0.2, -0.15) is 10.1 Å². The normalized spacial score (nSPS) is 11.2. The molecule has 9 nitrogen and oxygen atoms in total. The lowest BCUT2D eigenvalue weighted by Crippen LogP contribution is -2.19. The van der Waals surface area contributed by atoms with Gasteiger partial charge in [0.15, 0.2) is 11.5 Å². The maximum absolute atomic E-state index is 12.2. The van der Waals surface area contributed by atoms with E-state index in [9.17, 15) is 9.90 Å². The molecule has 3 rings (SSSR count). The van der Waals surface area contributed by atoms with Gasteiger partial charge in [-0.15, -0.1) is 5.10 Å². The number of carbonyl (C=O) groups is 1. The van der Waals surface area contributed by atoms with E-state index in [0.717, 1.165) is 11.4 Å². The Morgan fingerprint density at radius 2 is 2.15 bits per heavy atom. The summed E-state index contributed by atoms with van der Waals surface area (Å²) < 4.78 is 6.80. The lowest BCUT2D eigenvalue weighted by atomic mass is 10.2. The summed E-state index contributed by atoms with van der Waals surface area (Å²) in [5.74, 6) is 0.176. The van der Waals surface area contributed by atoms with E-state index in [1.54, 1.807) is 12.1 Å². The standard InChI is InChI=1S/C17H18N6O3/c1-4-26-14-8-12(5-6-13(14)24)9-18-21-16(25)15-20-17-19-10(2)7-11(3)23(17)22-15/h5-9,24H,4H2,1-3H3,(H,21,25). The molecule has 1 amide bonds. The van der Waals surface area contributed by atoms with Gasteiger partial charge in [-0.05, 0) is 50.6 Å². The van der Waals surface area contributed by atoms with Crippen molar-refractivity contribution in [3.8, 4) is 11.5 Å². The van der Waals surface area contributed by atoms with Crippen molar-refractivity contribution in [3.63, 3.8) is 0 Å². The Kier molecular flexibility index (Phi) is 4.78. The van der Waals surface area contributed by atoms with Crippen LogP contribution in [0.2, 0.25) is 0 Å². The number of ether oxygens (including phenoxy) is 1. The smallest absolute Gasteiger partial charge is 0.311 e. The first-order valence-corrected chi connectivity index (χ1v) is 7.98. The molecule has 26 heavy (non-hydrogen) atoms. The van der Waals surface area contributed by atoms with E-state index < -0.39 is 5.91 Å². The summed E-state index contributed by atoms with van der Waals surface area (Å²) in [6.07, 6.45) is 1.43. The second kappa shape index (κ2) is 7.18. The van der Waals surface area contributed by atoms with Gasteiger partial charge in [0.1, 0.15) is 0 Å². The zero-order valence-electron chi connectivity index (χ0n) is 14.6. The molecular formula is C17H18N6O3. The van der Waals surface area contributed by atoms with Crippen LogP contribution in [-0.4, -0.2) is 43.4 Å². The average Bonchev–Trinajstić information content (AvgIpc) is 3.02. The summed E-state index contributed by atoms with van der Waals surface area (Å²) in [5.41, 5.74) is 4.65. The van der Waals surface area contributed by atoms with Crippen LogP contribution in [0.3, 0.4) is 0 Å². The first-order valence-electron chi connectivity index (χ1n) is 7.98. The lowest BCUT2D eigenvalue weighted by Gasteiger charge is -2.05. The van der Waals surface area contributed by atoms with Crippen molar-refractivity contribution in [1.29, 1.82) is 0 Å². The second-order valence-corrected chi connectivity index (χ2v) is 5.55. The summed E-state index contributed by atoms with van der Waals surface area (Å²) in [6, 6.07) is 6.61. The SMILES string of the molecule is CCOc1cc(C=NNC(=O)c2nc3nc(C)cc(C)n3n2)ccc1O. The molecule has 0 bridgehead atoms. The predicted octanol–water partition coefficient (Wildman–Crippen LogP) is 1.61. The van der Waals surface area contributed by atoms with Gasteiger partial charge in [0.2, 0.25) is 5.82 Å². The monoisotopic (exact) mass is 354 g/mol. The fraction of sp³-hybridized carbons (Fsp3) is 0.235. The highest BCUT2D eigenvalue weighted by atomic mass is 16.5. The van der Waals surface area contributed by atoms with Crippen molar-refractivity contribution in [1.82, 2.24) is 25.0 Å². The van der Waals surface area contributed by atoms with Gasteiger partial charge < -0.3 is 9.84 Å². The molecule has 0 unspecified atom stereocenters. The van der Waals surface area contributed by atoms with Crippen LogP contribution in [-0.2, 0) is 0 Å². The molecule has 2 aromatic heterocycles. The van der Waals surface area contributed by atoms with Crippen LogP contribution in [0.4, 0.5) is 0 Å². The van der Waals surface area contributed by atoms with Gasteiger partial charge in [0, 0.05) is 11.4 Å². The minimum absolute atomic E-state index is 0.0240. The van der Waals surface area contributed by atoms with E-state index in [-0.39, 0.29) is 11.6 Å². The van der Waals surface area contributed by atoms with Crippen LogP contribution < -0.4 is 10.2 Å². The Hall–Kier alpha value is -3.49. The molecule has 2 heterocycles. The number of hydrazone groups is 1. The number of benzene rings is 1. The molecule has 0 saturated carbocycles. The van der Waals surface area contributed by atoms with Crippen LogP contribution in [0, 0.1) is 13.8 Å². The van der Waals surface area contributed by atoms with Gasteiger partial charge in [0.25, 0.3) is 5.78 Å². The molecule has 0 aliphatic carbocycles. The number of carbonyl (C=O) groups excluding carboxylic acids is 1. The van der Waals surface area contributed by atoms with E-state index >= 15 is 0 Å². The molecule has 0 aliphatic heterocycles. The van der Waals surface area contributed by atoms with Crippen molar-refractivity contribution in [2.24, 2.45) is 5.10 Å². The molecule has 0 aliphatic rings. The quantitative estimate of drug-likeness (QED) is 0.531. The Labute approximate surface area is 149 Å². The van der Waals surface area contributed by atoms with Gasteiger partial charge in [-0.3, -0.25) is 4.79 Å². The summed E-state index contributed by atoms with van der Waals surface area (Å²) in [6.45, 7) is 5.95. The summed E-state index contributed by atoms with van der Waals surface area (Å²) >= 11 is 0. The van der Waals surface area contributed by atoms with Gasteiger partial charge in [-0.25, -0.2) is 14.9 Å². The number of rotatable bonds is 5. The number of hydrogen-bond acceptors (Lipinski definition) is 7. The number of fused-ring (bicyclic) bond motifs is 1.